The van der Waals surface area contributed by atoms with Crippen LogP contribution in [0.5, 0.6) is 5.88 Å². The van der Waals surface area contributed by atoms with Gasteiger partial charge in [-0.1, -0.05) is 23.9 Å². The lowest BCUT2D eigenvalue weighted by atomic mass is 10.1. The van der Waals surface area contributed by atoms with Crippen molar-refractivity contribution in [1.29, 1.82) is 5.26 Å². The van der Waals surface area contributed by atoms with Crippen molar-refractivity contribution in [2.24, 2.45) is 0 Å². The normalized spacial score (nSPS) is 14.0. The summed E-state index contributed by atoms with van der Waals surface area (Å²) in [6.45, 7) is 1.03. The standard InChI is InChI=1S/C18H14N4O2S2/c19-8-12-4-3-7-20-17(12)24-13-9-22(10-13)16(23)11-25-18-21-14-5-1-2-6-15(14)26-18/h1-7,13H,9-11H2. The molecular weight excluding hydrogens is 368 g/mol. The van der Waals surface area contributed by atoms with Crippen molar-refractivity contribution < 1.29 is 9.53 Å². The number of thioether (sulfide) groups is 1. The Morgan fingerprint density at radius 1 is 1.35 bits per heavy atom. The van der Waals surface area contributed by atoms with Gasteiger partial charge in [-0.15, -0.1) is 11.3 Å². The van der Waals surface area contributed by atoms with Crippen molar-refractivity contribution in [2.45, 2.75) is 10.4 Å². The van der Waals surface area contributed by atoms with Gasteiger partial charge in [-0.05, 0) is 24.3 Å². The van der Waals surface area contributed by atoms with E-state index in [1.807, 2.05) is 24.3 Å². The summed E-state index contributed by atoms with van der Waals surface area (Å²) in [5.41, 5.74) is 1.37. The number of nitrogens with zero attached hydrogens (tertiary/aromatic N) is 4. The van der Waals surface area contributed by atoms with Gasteiger partial charge in [0.05, 0.1) is 29.1 Å². The molecule has 2 aromatic heterocycles. The topological polar surface area (TPSA) is 79.1 Å². The Bertz CT molecular complexity index is 959. The van der Waals surface area contributed by atoms with Gasteiger partial charge in [0.2, 0.25) is 11.8 Å². The summed E-state index contributed by atoms with van der Waals surface area (Å²) in [5.74, 6) is 0.756. The van der Waals surface area contributed by atoms with E-state index < -0.39 is 0 Å². The van der Waals surface area contributed by atoms with Crippen LogP contribution in [0.4, 0.5) is 0 Å². The van der Waals surface area contributed by atoms with Crippen LogP contribution in [0.25, 0.3) is 10.2 Å². The third kappa shape index (κ3) is 3.49. The summed E-state index contributed by atoms with van der Waals surface area (Å²) in [4.78, 5) is 22.6. The average molecular weight is 382 g/mol. The van der Waals surface area contributed by atoms with Crippen molar-refractivity contribution in [1.82, 2.24) is 14.9 Å². The maximum Gasteiger partial charge on any atom is 0.233 e. The molecule has 1 aliphatic rings. The van der Waals surface area contributed by atoms with Gasteiger partial charge in [-0.3, -0.25) is 4.79 Å². The minimum atomic E-state index is -0.117. The third-order valence-electron chi connectivity index (χ3n) is 3.96. The molecule has 1 aromatic carbocycles. The zero-order chi connectivity index (χ0) is 17.9. The van der Waals surface area contributed by atoms with Crippen LogP contribution < -0.4 is 4.74 Å². The predicted octanol–water partition coefficient (Wildman–Crippen LogP) is 2.94. The molecule has 0 spiro atoms. The molecule has 1 fully saturated rings. The highest BCUT2D eigenvalue weighted by atomic mass is 32.2. The number of carbonyl (C=O) groups excluding carboxylic acids is 1. The van der Waals surface area contributed by atoms with Crippen LogP contribution in [-0.4, -0.2) is 45.7 Å². The van der Waals surface area contributed by atoms with Crippen molar-refractivity contribution in [3.8, 4) is 11.9 Å². The second kappa shape index (κ2) is 7.32. The Kier molecular flexibility index (Phi) is 4.73. The number of hydrogen-bond donors (Lipinski definition) is 0. The van der Waals surface area contributed by atoms with Gasteiger partial charge >= 0.3 is 0 Å². The summed E-state index contributed by atoms with van der Waals surface area (Å²) in [6, 6.07) is 13.4. The highest BCUT2D eigenvalue weighted by Gasteiger charge is 2.33. The lowest BCUT2D eigenvalue weighted by Crippen LogP contribution is -2.56. The first-order valence-corrected chi connectivity index (χ1v) is 9.81. The van der Waals surface area contributed by atoms with Gasteiger partial charge in [0, 0.05) is 6.20 Å². The van der Waals surface area contributed by atoms with E-state index in [-0.39, 0.29) is 12.0 Å². The Morgan fingerprint density at radius 2 is 2.19 bits per heavy atom. The molecule has 1 amide bonds. The van der Waals surface area contributed by atoms with Crippen molar-refractivity contribution >= 4 is 39.2 Å². The summed E-state index contributed by atoms with van der Waals surface area (Å²) in [6.07, 6.45) is 1.47. The number of para-hydroxylation sites is 1. The van der Waals surface area contributed by atoms with Crippen molar-refractivity contribution in [3.63, 3.8) is 0 Å². The molecule has 1 saturated heterocycles. The van der Waals surface area contributed by atoms with Crippen molar-refractivity contribution in [2.75, 3.05) is 18.8 Å². The molecule has 0 bridgehead atoms. The van der Waals surface area contributed by atoms with Gasteiger partial charge in [-0.25, -0.2) is 9.97 Å². The molecule has 130 valence electrons. The Balaban J connectivity index is 1.27. The number of likely N-dealkylation sites (tertiary alicyclic amines) is 1. The van der Waals surface area contributed by atoms with Crippen LogP contribution in [-0.2, 0) is 4.79 Å². The lowest BCUT2D eigenvalue weighted by molar-refractivity contribution is -0.137. The molecular formula is C18H14N4O2S2. The number of benzene rings is 1. The first-order valence-electron chi connectivity index (χ1n) is 8.01. The number of thiazole rings is 1. The van der Waals surface area contributed by atoms with Gasteiger partial charge < -0.3 is 9.64 Å². The highest BCUT2D eigenvalue weighted by Crippen LogP contribution is 2.30. The number of rotatable bonds is 5. The Morgan fingerprint density at radius 3 is 3.00 bits per heavy atom. The molecule has 1 aliphatic heterocycles. The number of pyridine rings is 1. The minimum Gasteiger partial charge on any atom is -0.470 e. The molecule has 0 N–H and O–H groups in total. The SMILES string of the molecule is N#Cc1cccnc1OC1CN(C(=O)CSc2nc3ccccc3s2)C1. The summed E-state index contributed by atoms with van der Waals surface area (Å²) < 4.78 is 7.74. The molecule has 0 atom stereocenters. The first kappa shape index (κ1) is 16.8. The number of fused-ring (bicyclic) bond motifs is 1. The fraction of sp³-hybridized carbons (Fsp3) is 0.222. The molecule has 4 rings (SSSR count). The second-order valence-electron chi connectivity index (χ2n) is 5.74. The average Bonchev–Trinajstić information content (AvgIpc) is 3.05. The van der Waals surface area contributed by atoms with Gasteiger partial charge in [0.15, 0.2) is 4.34 Å². The van der Waals surface area contributed by atoms with E-state index in [4.69, 9.17) is 10.00 Å². The molecule has 8 heteroatoms. The van der Waals surface area contributed by atoms with E-state index in [0.717, 1.165) is 14.6 Å². The van der Waals surface area contributed by atoms with Crippen LogP contribution in [0, 0.1) is 11.3 Å². The number of nitriles is 1. The number of carbonyl (C=O) groups is 1. The predicted molar refractivity (Wildman–Crippen MR) is 100 cm³/mol. The third-order valence-corrected chi connectivity index (χ3v) is 6.13. The fourth-order valence-electron chi connectivity index (χ4n) is 2.57. The zero-order valence-corrected chi connectivity index (χ0v) is 15.3. The molecule has 0 aliphatic carbocycles. The lowest BCUT2D eigenvalue weighted by Gasteiger charge is -2.38. The quantitative estimate of drug-likeness (QED) is 0.631. The number of hydrogen-bond acceptors (Lipinski definition) is 7. The van der Waals surface area contributed by atoms with Crippen LogP contribution >= 0.6 is 23.1 Å². The molecule has 0 radical (unpaired) electrons. The fourth-order valence-corrected chi connectivity index (χ4v) is 4.54. The van der Waals surface area contributed by atoms with E-state index in [1.165, 1.54) is 11.8 Å². The minimum absolute atomic E-state index is 0.0654. The molecule has 3 aromatic rings. The van der Waals surface area contributed by atoms with Crippen LogP contribution in [0.2, 0.25) is 0 Å². The van der Waals surface area contributed by atoms with Crippen molar-refractivity contribution in [3.05, 3.63) is 48.2 Å². The van der Waals surface area contributed by atoms with Crippen LogP contribution in [0.3, 0.4) is 0 Å². The number of ether oxygens (including phenoxy) is 1. The molecule has 3 heterocycles. The first-order chi connectivity index (χ1) is 12.7. The Labute approximate surface area is 158 Å². The Hall–Kier alpha value is -2.63. The monoisotopic (exact) mass is 382 g/mol. The highest BCUT2D eigenvalue weighted by molar-refractivity contribution is 8.01. The second-order valence-corrected chi connectivity index (χ2v) is 8.00. The van der Waals surface area contributed by atoms with Crippen LogP contribution in [0.15, 0.2) is 46.9 Å². The smallest absolute Gasteiger partial charge is 0.233 e. The van der Waals surface area contributed by atoms with Gasteiger partial charge in [0.25, 0.3) is 0 Å². The van der Waals surface area contributed by atoms with Gasteiger partial charge in [-0.2, -0.15) is 5.26 Å². The zero-order valence-electron chi connectivity index (χ0n) is 13.7. The maximum atomic E-state index is 12.3. The van der Waals surface area contributed by atoms with E-state index >= 15 is 0 Å². The molecule has 0 unspecified atom stereocenters. The largest absolute Gasteiger partial charge is 0.470 e. The van der Waals surface area contributed by atoms with Gasteiger partial charge in [0.1, 0.15) is 17.7 Å². The summed E-state index contributed by atoms with van der Waals surface area (Å²) in [7, 11) is 0. The maximum absolute atomic E-state index is 12.3. The number of amides is 1. The molecule has 0 saturated carbocycles. The molecule has 6 nitrogen and oxygen atoms in total. The molecule has 26 heavy (non-hydrogen) atoms. The van der Waals surface area contributed by atoms with E-state index in [9.17, 15) is 4.79 Å². The van der Waals surface area contributed by atoms with E-state index in [0.29, 0.717) is 30.3 Å². The van der Waals surface area contributed by atoms with E-state index in [1.54, 1.807) is 34.6 Å². The number of aromatic nitrogens is 2. The van der Waals surface area contributed by atoms with Crippen LogP contribution in [0.1, 0.15) is 5.56 Å². The summed E-state index contributed by atoms with van der Waals surface area (Å²) in [5, 5.41) is 9.05. The van der Waals surface area contributed by atoms with E-state index in [2.05, 4.69) is 16.0 Å². The summed E-state index contributed by atoms with van der Waals surface area (Å²) >= 11 is 3.06.